The largest absolute Gasteiger partial charge is 0.478 e. The molecule has 0 saturated heterocycles. The SMILES string of the molecule is CCCCCCCCC(C)(OC=C(C)C(=O)O)Oc1ccccc1. The summed E-state index contributed by atoms with van der Waals surface area (Å²) in [7, 11) is 0. The van der Waals surface area contributed by atoms with Crippen LogP contribution in [0, 0.1) is 0 Å². The van der Waals surface area contributed by atoms with Crippen LogP contribution < -0.4 is 4.74 Å². The second-order valence-electron chi connectivity index (χ2n) is 6.29. The first-order chi connectivity index (χ1) is 11.5. The fraction of sp³-hybridized carbons (Fsp3) is 0.550. The molecule has 0 radical (unpaired) electrons. The third-order valence-electron chi connectivity index (χ3n) is 3.88. The number of aliphatic carboxylic acids is 1. The molecule has 0 aromatic heterocycles. The number of carbonyl (C=O) groups is 1. The maximum Gasteiger partial charge on any atom is 0.334 e. The summed E-state index contributed by atoms with van der Waals surface area (Å²) in [4.78, 5) is 10.9. The van der Waals surface area contributed by atoms with Gasteiger partial charge in [-0.3, -0.25) is 0 Å². The fourth-order valence-electron chi connectivity index (χ4n) is 2.36. The number of hydrogen-bond donors (Lipinski definition) is 1. The van der Waals surface area contributed by atoms with Crippen LogP contribution in [-0.2, 0) is 9.53 Å². The van der Waals surface area contributed by atoms with Gasteiger partial charge in [0, 0.05) is 13.3 Å². The number of carboxylic acid groups (broad SMARTS) is 1. The Hall–Kier alpha value is -1.97. The zero-order valence-electron chi connectivity index (χ0n) is 15.1. The zero-order chi connectivity index (χ0) is 17.8. The van der Waals surface area contributed by atoms with Gasteiger partial charge in [0.1, 0.15) is 5.75 Å². The van der Waals surface area contributed by atoms with Crippen molar-refractivity contribution in [3.8, 4) is 5.75 Å². The molecule has 24 heavy (non-hydrogen) atoms. The van der Waals surface area contributed by atoms with Gasteiger partial charge in [-0.15, -0.1) is 0 Å². The van der Waals surface area contributed by atoms with Crippen molar-refractivity contribution in [1.82, 2.24) is 0 Å². The molecule has 1 atom stereocenters. The van der Waals surface area contributed by atoms with E-state index in [1.807, 2.05) is 37.3 Å². The number of unbranched alkanes of at least 4 members (excludes halogenated alkanes) is 5. The van der Waals surface area contributed by atoms with E-state index >= 15 is 0 Å². The molecule has 0 amide bonds. The highest BCUT2D eigenvalue weighted by Crippen LogP contribution is 2.26. The number of hydrogen-bond acceptors (Lipinski definition) is 3. The van der Waals surface area contributed by atoms with E-state index in [0.29, 0.717) is 12.2 Å². The molecule has 0 bridgehead atoms. The Balaban J connectivity index is 2.64. The van der Waals surface area contributed by atoms with Crippen LogP contribution in [0.5, 0.6) is 5.75 Å². The van der Waals surface area contributed by atoms with Gasteiger partial charge >= 0.3 is 5.97 Å². The molecular formula is C20H30O4. The second kappa shape index (κ2) is 10.7. The topological polar surface area (TPSA) is 55.8 Å². The first kappa shape index (κ1) is 20.1. The van der Waals surface area contributed by atoms with Crippen molar-refractivity contribution in [2.45, 2.75) is 71.5 Å². The maximum atomic E-state index is 10.9. The third-order valence-corrected chi connectivity index (χ3v) is 3.88. The molecule has 1 unspecified atom stereocenters. The predicted molar refractivity (Wildman–Crippen MR) is 95.9 cm³/mol. The minimum Gasteiger partial charge on any atom is -0.478 e. The molecule has 4 nitrogen and oxygen atoms in total. The molecule has 0 fully saturated rings. The van der Waals surface area contributed by atoms with Crippen molar-refractivity contribution < 1.29 is 19.4 Å². The Morgan fingerprint density at radius 3 is 2.38 bits per heavy atom. The monoisotopic (exact) mass is 334 g/mol. The summed E-state index contributed by atoms with van der Waals surface area (Å²) in [6.45, 7) is 5.57. The standard InChI is InChI=1S/C20H30O4/c1-4-5-6-7-8-12-15-20(3,23-16-17(2)19(21)22)24-18-13-10-9-11-14-18/h9-11,13-14,16H,4-8,12,15H2,1-3H3,(H,21,22). The Kier molecular flexibility index (Phi) is 8.98. The van der Waals surface area contributed by atoms with Gasteiger partial charge < -0.3 is 14.6 Å². The minimum absolute atomic E-state index is 0.154. The number of carboxylic acids is 1. The van der Waals surface area contributed by atoms with Crippen molar-refractivity contribution in [1.29, 1.82) is 0 Å². The molecule has 1 aromatic rings. The van der Waals surface area contributed by atoms with Crippen molar-refractivity contribution >= 4 is 5.97 Å². The lowest BCUT2D eigenvalue weighted by molar-refractivity contribution is -0.140. The number of rotatable bonds is 12. The molecule has 1 rings (SSSR count). The summed E-state index contributed by atoms with van der Waals surface area (Å²) in [5.74, 6) is -1.15. The van der Waals surface area contributed by atoms with Crippen LogP contribution in [0.15, 0.2) is 42.2 Å². The zero-order valence-corrected chi connectivity index (χ0v) is 15.1. The van der Waals surface area contributed by atoms with E-state index in [-0.39, 0.29) is 5.57 Å². The normalized spacial score (nSPS) is 14.0. The molecule has 134 valence electrons. The van der Waals surface area contributed by atoms with Gasteiger partial charge in [-0.25, -0.2) is 4.79 Å². The van der Waals surface area contributed by atoms with Gasteiger partial charge in [-0.05, 0) is 25.5 Å². The van der Waals surface area contributed by atoms with Gasteiger partial charge in [0.25, 0.3) is 0 Å². The summed E-state index contributed by atoms with van der Waals surface area (Å²) < 4.78 is 11.7. The molecule has 4 heteroatoms. The highest BCUT2D eigenvalue weighted by atomic mass is 16.7. The minimum atomic E-state index is -0.989. The molecular weight excluding hydrogens is 304 g/mol. The lowest BCUT2D eigenvalue weighted by atomic mass is 10.1. The van der Waals surface area contributed by atoms with E-state index in [0.717, 1.165) is 12.8 Å². The lowest BCUT2D eigenvalue weighted by Gasteiger charge is -2.30. The van der Waals surface area contributed by atoms with Crippen LogP contribution in [0.2, 0.25) is 0 Å². The van der Waals surface area contributed by atoms with E-state index in [1.54, 1.807) is 0 Å². The Morgan fingerprint density at radius 1 is 1.12 bits per heavy atom. The van der Waals surface area contributed by atoms with Crippen molar-refractivity contribution in [3.05, 3.63) is 42.2 Å². The van der Waals surface area contributed by atoms with Crippen LogP contribution in [0.3, 0.4) is 0 Å². The number of ether oxygens (including phenoxy) is 2. The van der Waals surface area contributed by atoms with E-state index in [9.17, 15) is 4.79 Å². The van der Waals surface area contributed by atoms with E-state index < -0.39 is 11.8 Å². The quantitative estimate of drug-likeness (QED) is 0.236. The van der Waals surface area contributed by atoms with Crippen molar-refractivity contribution in [2.75, 3.05) is 0 Å². The molecule has 0 aliphatic rings. The fourth-order valence-corrected chi connectivity index (χ4v) is 2.36. The highest BCUT2D eigenvalue weighted by molar-refractivity contribution is 5.85. The van der Waals surface area contributed by atoms with Gasteiger partial charge in [0.15, 0.2) is 0 Å². The highest BCUT2D eigenvalue weighted by Gasteiger charge is 2.27. The van der Waals surface area contributed by atoms with Gasteiger partial charge in [0.05, 0.1) is 11.8 Å². The smallest absolute Gasteiger partial charge is 0.334 e. The molecule has 1 N–H and O–H groups in total. The summed E-state index contributed by atoms with van der Waals surface area (Å²) in [6, 6.07) is 9.47. The summed E-state index contributed by atoms with van der Waals surface area (Å²) in [5, 5.41) is 8.98. The summed E-state index contributed by atoms with van der Waals surface area (Å²) in [6.07, 6.45) is 9.06. The molecule has 0 saturated carbocycles. The molecule has 0 aliphatic carbocycles. The third kappa shape index (κ3) is 8.04. The van der Waals surface area contributed by atoms with Crippen molar-refractivity contribution in [3.63, 3.8) is 0 Å². The van der Waals surface area contributed by atoms with Crippen LogP contribution in [0.25, 0.3) is 0 Å². The van der Waals surface area contributed by atoms with Crippen LogP contribution in [-0.4, -0.2) is 16.9 Å². The first-order valence-electron chi connectivity index (χ1n) is 8.79. The predicted octanol–water partition coefficient (Wildman–Crippen LogP) is 5.54. The Labute approximate surface area is 145 Å². The number of benzene rings is 1. The molecule has 0 aliphatic heterocycles. The summed E-state index contributed by atoms with van der Waals surface area (Å²) >= 11 is 0. The number of para-hydroxylation sites is 1. The molecule has 0 spiro atoms. The Bertz CT molecular complexity index is 510. The maximum absolute atomic E-state index is 10.9. The van der Waals surface area contributed by atoms with Gasteiger partial charge in [-0.2, -0.15) is 0 Å². The van der Waals surface area contributed by atoms with E-state index in [2.05, 4.69) is 6.92 Å². The second-order valence-corrected chi connectivity index (χ2v) is 6.29. The average molecular weight is 334 g/mol. The first-order valence-corrected chi connectivity index (χ1v) is 8.79. The van der Waals surface area contributed by atoms with Gasteiger partial charge in [-0.1, -0.05) is 57.2 Å². The Morgan fingerprint density at radius 2 is 1.75 bits per heavy atom. The lowest BCUT2D eigenvalue weighted by Crippen LogP contribution is -2.34. The van der Waals surface area contributed by atoms with Crippen LogP contribution in [0.4, 0.5) is 0 Å². The molecule has 0 heterocycles. The van der Waals surface area contributed by atoms with Crippen molar-refractivity contribution in [2.24, 2.45) is 0 Å². The summed E-state index contributed by atoms with van der Waals surface area (Å²) in [5.41, 5.74) is 0.154. The van der Waals surface area contributed by atoms with Gasteiger partial charge in [0.2, 0.25) is 5.79 Å². The van der Waals surface area contributed by atoms with E-state index in [1.165, 1.54) is 38.9 Å². The van der Waals surface area contributed by atoms with E-state index in [4.69, 9.17) is 14.6 Å². The molecule has 1 aromatic carbocycles. The average Bonchev–Trinajstić information content (AvgIpc) is 2.57. The van der Waals surface area contributed by atoms with Crippen LogP contribution in [0.1, 0.15) is 65.7 Å². The van der Waals surface area contributed by atoms with Crippen LogP contribution >= 0.6 is 0 Å².